The van der Waals surface area contributed by atoms with Crippen LogP contribution in [-0.2, 0) is 9.53 Å². The molecular weight excluding hydrogens is 344 g/mol. The van der Waals surface area contributed by atoms with Gasteiger partial charge >= 0.3 is 5.97 Å². The van der Waals surface area contributed by atoms with E-state index in [1.54, 1.807) is 6.92 Å². The smallest absolute Gasteiger partial charge is 0.303 e. The van der Waals surface area contributed by atoms with Gasteiger partial charge in [-0.2, -0.15) is 0 Å². The molecule has 0 aromatic carbocycles. The van der Waals surface area contributed by atoms with Crippen molar-refractivity contribution in [2.75, 3.05) is 6.61 Å². The molecule has 27 heavy (non-hydrogen) atoms. The van der Waals surface area contributed by atoms with Gasteiger partial charge in [-0.05, 0) is 61.0 Å². The Balaban J connectivity index is 1.74. The first kappa shape index (κ1) is 20.6. The zero-order chi connectivity index (χ0) is 20.1. The van der Waals surface area contributed by atoms with E-state index in [0.717, 1.165) is 0 Å². The highest BCUT2D eigenvalue weighted by molar-refractivity contribution is 5.66. The molecule has 5 heteroatoms. The van der Waals surface area contributed by atoms with Crippen molar-refractivity contribution in [2.24, 2.45) is 35.0 Å². The Bertz CT molecular complexity index is 643. The summed E-state index contributed by atoms with van der Waals surface area (Å²) >= 11 is 0. The standard InChI is InChI=1S/C22H34O5/c1-12-6-7-16-19(12)20-15(10-18(26)22(16,20)5)13(2)17(25)8-9-21(4,11-23)27-14(3)24/h8-9,12,15-20,23,25-26H,2,6-7,10-11H2,1,3-5H3. The maximum atomic E-state index is 11.2. The molecule has 152 valence electrons. The molecule has 3 aliphatic rings. The molecule has 5 nitrogen and oxygen atoms in total. The third-order valence-corrected chi connectivity index (χ3v) is 7.79. The second-order valence-corrected chi connectivity index (χ2v) is 9.43. The minimum Gasteiger partial charge on any atom is -0.453 e. The lowest BCUT2D eigenvalue weighted by atomic mass is 9.46. The zero-order valence-corrected chi connectivity index (χ0v) is 16.9. The van der Waals surface area contributed by atoms with Gasteiger partial charge in [-0.3, -0.25) is 4.79 Å². The van der Waals surface area contributed by atoms with Gasteiger partial charge in [-0.1, -0.05) is 32.9 Å². The highest BCUT2D eigenvalue weighted by atomic mass is 16.6. The van der Waals surface area contributed by atoms with E-state index in [4.69, 9.17) is 4.74 Å². The monoisotopic (exact) mass is 378 g/mol. The molecule has 0 aromatic heterocycles. The number of fused-ring (bicyclic) bond motifs is 4. The van der Waals surface area contributed by atoms with Crippen LogP contribution in [0.4, 0.5) is 0 Å². The average molecular weight is 379 g/mol. The van der Waals surface area contributed by atoms with Crippen molar-refractivity contribution >= 4 is 5.97 Å². The third-order valence-electron chi connectivity index (χ3n) is 7.79. The largest absolute Gasteiger partial charge is 0.453 e. The van der Waals surface area contributed by atoms with Gasteiger partial charge in [0.15, 0.2) is 5.60 Å². The van der Waals surface area contributed by atoms with Crippen LogP contribution in [0.15, 0.2) is 24.3 Å². The van der Waals surface area contributed by atoms with Crippen molar-refractivity contribution in [1.82, 2.24) is 0 Å². The molecule has 0 radical (unpaired) electrons. The van der Waals surface area contributed by atoms with E-state index in [2.05, 4.69) is 20.4 Å². The van der Waals surface area contributed by atoms with Crippen molar-refractivity contribution in [3.05, 3.63) is 24.3 Å². The maximum absolute atomic E-state index is 11.2. The van der Waals surface area contributed by atoms with Gasteiger partial charge in [0.25, 0.3) is 0 Å². The second-order valence-electron chi connectivity index (χ2n) is 9.43. The van der Waals surface area contributed by atoms with Crippen LogP contribution in [-0.4, -0.2) is 45.7 Å². The summed E-state index contributed by atoms with van der Waals surface area (Å²) in [6, 6.07) is 0. The first-order valence-corrected chi connectivity index (χ1v) is 10.1. The summed E-state index contributed by atoms with van der Waals surface area (Å²) in [5.41, 5.74) is -0.526. The predicted octanol–water partition coefficient (Wildman–Crippen LogP) is 2.45. The Labute approximate surface area is 162 Å². The van der Waals surface area contributed by atoms with Gasteiger partial charge in [0, 0.05) is 12.3 Å². The Morgan fingerprint density at radius 2 is 2.11 bits per heavy atom. The maximum Gasteiger partial charge on any atom is 0.303 e. The van der Waals surface area contributed by atoms with E-state index >= 15 is 0 Å². The Morgan fingerprint density at radius 1 is 1.44 bits per heavy atom. The SMILES string of the molecule is C=C(C(O)C=CC(C)(CO)OC(C)=O)C1CC(O)C2(C)C3CCC(C)C3C12. The molecule has 0 bridgehead atoms. The summed E-state index contributed by atoms with van der Waals surface area (Å²) in [5.74, 6) is 1.80. The van der Waals surface area contributed by atoms with Crippen molar-refractivity contribution < 1.29 is 24.9 Å². The van der Waals surface area contributed by atoms with E-state index in [0.29, 0.717) is 35.7 Å². The van der Waals surface area contributed by atoms with E-state index in [1.165, 1.54) is 31.9 Å². The number of carbonyl (C=O) groups excluding carboxylic acids is 1. The Kier molecular flexibility index (Phi) is 5.34. The number of esters is 1. The van der Waals surface area contributed by atoms with Crippen molar-refractivity contribution in [3.63, 3.8) is 0 Å². The lowest BCUT2D eigenvalue weighted by Gasteiger charge is -2.58. The van der Waals surface area contributed by atoms with Crippen LogP contribution in [0.5, 0.6) is 0 Å². The van der Waals surface area contributed by atoms with E-state index < -0.39 is 17.7 Å². The van der Waals surface area contributed by atoms with E-state index in [9.17, 15) is 20.1 Å². The van der Waals surface area contributed by atoms with E-state index in [1.807, 2.05) is 0 Å². The first-order valence-electron chi connectivity index (χ1n) is 10.1. The molecule has 9 atom stereocenters. The van der Waals surface area contributed by atoms with Crippen LogP contribution in [0.25, 0.3) is 0 Å². The fourth-order valence-corrected chi connectivity index (χ4v) is 6.38. The molecule has 3 saturated carbocycles. The Morgan fingerprint density at radius 3 is 2.70 bits per heavy atom. The number of rotatable bonds is 6. The third kappa shape index (κ3) is 3.18. The van der Waals surface area contributed by atoms with Crippen LogP contribution in [0.2, 0.25) is 0 Å². The van der Waals surface area contributed by atoms with Crippen LogP contribution in [0.1, 0.15) is 47.0 Å². The number of aliphatic hydroxyl groups excluding tert-OH is 3. The molecule has 3 fully saturated rings. The molecular formula is C22H34O5. The molecule has 3 N–H and O–H groups in total. The van der Waals surface area contributed by atoms with Crippen molar-refractivity contribution in [1.29, 1.82) is 0 Å². The summed E-state index contributed by atoms with van der Waals surface area (Å²) in [7, 11) is 0. The fraction of sp³-hybridized carbons (Fsp3) is 0.773. The van der Waals surface area contributed by atoms with Gasteiger partial charge in [0.1, 0.15) is 0 Å². The van der Waals surface area contributed by atoms with Crippen LogP contribution < -0.4 is 0 Å². The number of aliphatic hydroxyl groups is 3. The summed E-state index contributed by atoms with van der Waals surface area (Å²) in [4.78, 5) is 11.2. The van der Waals surface area contributed by atoms with Crippen LogP contribution in [0, 0.1) is 35.0 Å². The quantitative estimate of drug-likeness (QED) is 0.488. The topological polar surface area (TPSA) is 87.0 Å². The molecule has 3 rings (SSSR count). The lowest BCUT2D eigenvalue weighted by molar-refractivity contribution is -0.154. The highest BCUT2D eigenvalue weighted by Crippen LogP contribution is 2.73. The summed E-state index contributed by atoms with van der Waals surface area (Å²) < 4.78 is 5.14. The summed E-state index contributed by atoms with van der Waals surface area (Å²) in [5, 5.41) is 31.0. The number of hydrogen-bond donors (Lipinski definition) is 3. The molecule has 0 spiro atoms. The van der Waals surface area contributed by atoms with Crippen LogP contribution in [0.3, 0.4) is 0 Å². The molecule has 0 aromatic rings. The summed E-state index contributed by atoms with van der Waals surface area (Å²) in [6.07, 6.45) is 4.86. The van der Waals surface area contributed by atoms with Crippen molar-refractivity contribution in [3.8, 4) is 0 Å². The molecule has 0 aliphatic heterocycles. The van der Waals surface area contributed by atoms with Crippen LogP contribution >= 0.6 is 0 Å². The highest BCUT2D eigenvalue weighted by Gasteiger charge is 2.70. The lowest BCUT2D eigenvalue weighted by Crippen LogP contribution is -2.57. The number of ether oxygens (including phenoxy) is 1. The van der Waals surface area contributed by atoms with Crippen molar-refractivity contribution in [2.45, 2.75) is 64.8 Å². The Hall–Kier alpha value is -1.17. The van der Waals surface area contributed by atoms with E-state index in [-0.39, 0.29) is 24.0 Å². The first-order chi connectivity index (χ1) is 12.5. The molecule has 9 unspecified atom stereocenters. The number of hydrogen-bond acceptors (Lipinski definition) is 5. The summed E-state index contributed by atoms with van der Waals surface area (Å²) in [6.45, 7) is 11.2. The van der Waals surface area contributed by atoms with Gasteiger partial charge in [-0.15, -0.1) is 0 Å². The fourth-order valence-electron chi connectivity index (χ4n) is 6.38. The zero-order valence-electron chi connectivity index (χ0n) is 16.9. The molecule has 0 heterocycles. The molecule has 3 aliphatic carbocycles. The normalized spacial score (nSPS) is 43.5. The predicted molar refractivity (Wildman–Crippen MR) is 103 cm³/mol. The van der Waals surface area contributed by atoms with Gasteiger partial charge in [-0.25, -0.2) is 0 Å². The van der Waals surface area contributed by atoms with Gasteiger partial charge in [0.2, 0.25) is 0 Å². The second kappa shape index (κ2) is 7.02. The minimum atomic E-state index is -1.17. The number of carbonyl (C=O) groups is 1. The minimum absolute atomic E-state index is 0.0657. The van der Waals surface area contributed by atoms with Gasteiger partial charge < -0.3 is 20.1 Å². The van der Waals surface area contributed by atoms with Gasteiger partial charge in [0.05, 0.1) is 18.8 Å². The molecule has 0 amide bonds. The average Bonchev–Trinajstić information content (AvgIpc) is 3.04. The molecule has 0 saturated heterocycles.